The predicted molar refractivity (Wildman–Crippen MR) is 101 cm³/mol. The lowest BCUT2D eigenvalue weighted by Gasteiger charge is -2.13. The summed E-state index contributed by atoms with van der Waals surface area (Å²) >= 11 is 5.90. The van der Waals surface area contributed by atoms with Crippen molar-refractivity contribution in [3.63, 3.8) is 0 Å². The lowest BCUT2D eigenvalue weighted by atomic mass is 10.2. The quantitative estimate of drug-likeness (QED) is 0.722. The molecule has 134 valence electrons. The minimum Gasteiger partial charge on any atom is -0.495 e. The van der Waals surface area contributed by atoms with E-state index in [0.717, 1.165) is 0 Å². The van der Waals surface area contributed by atoms with Crippen LogP contribution in [-0.4, -0.2) is 25.5 Å². The van der Waals surface area contributed by atoms with Crippen LogP contribution in [0.3, 0.4) is 0 Å². The maximum Gasteiger partial charge on any atom is 0.243 e. The molecular formula is C18H17ClN4O3. The number of carbonyl (C=O) groups is 2. The van der Waals surface area contributed by atoms with Gasteiger partial charge in [0.1, 0.15) is 11.8 Å². The molecule has 0 fully saturated rings. The Morgan fingerprint density at radius 1 is 1.15 bits per heavy atom. The number of ether oxygens (including phenoxy) is 1. The SMILES string of the molecule is COc1ccc(NC(C)=O)cc1NCC(=O)Nc1cc(Cl)ccc1C#N. The molecule has 26 heavy (non-hydrogen) atoms. The number of carbonyl (C=O) groups excluding carboxylic acids is 2. The van der Waals surface area contributed by atoms with Gasteiger partial charge in [0.25, 0.3) is 0 Å². The van der Waals surface area contributed by atoms with E-state index in [1.54, 1.807) is 24.3 Å². The van der Waals surface area contributed by atoms with Gasteiger partial charge in [-0.2, -0.15) is 5.26 Å². The van der Waals surface area contributed by atoms with Crippen molar-refractivity contribution in [3.8, 4) is 11.8 Å². The number of nitriles is 1. The average molecular weight is 373 g/mol. The van der Waals surface area contributed by atoms with Gasteiger partial charge in [0, 0.05) is 17.6 Å². The molecule has 0 unspecified atom stereocenters. The fourth-order valence-corrected chi connectivity index (χ4v) is 2.39. The standard InChI is InChI=1S/C18H17ClN4O3/c1-11(24)22-14-5-6-17(26-2)16(8-14)21-10-18(25)23-15-7-13(19)4-3-12(15)9-20/h3-8,21H,10H2,1-2H3,(H,22,24)(H,23,25). The van der Waals surface area contributed by atoms with Crippen LogP contribution in [0.4, 0.5) is 17.1 Å². The Labute approximate surface area is 155 Å². The first-order valence-electron chi connectivity index (χ1n) is 7.62. The second-order valence-electron chi connectivity index (χ2n) is 5.30. The number of amides is 2. The average Bonchev–Trinajstić information content (AvgIpc) is 2.60. The zero-order valence-electron chi connectivity index (χ0n) is 14.2. The van der Waals surface area contributed by atoms with Crippen molar-refractivity contribution in [2.24, 2.45) is 0 Å². The van der Waals surface area contributed by atoms with Gasteiger partial charge in [-0.3, -0.25) is 9.59 Å². The lowest BCUT2D eigenvalue weighted by molar-refractivity contribution is -0.115. The number of anilines is 3. The molecule has 0 saturated carbocycles. The van der Waals surface area contributed by atoms with E-state index in [0.29, 0.717) is 33.4 Å². The summed E-state index contributed by atoms with van der Waals surface area (Å²) in [6.45, 7) is 1.33. The van der Waals surface area contributed by atoms with E-state index in [9.17, 15) is 9.59 Å². The normalized spacial score (nSPS) is 9.77. The molecule has 3 N–H and O–H groups in total. The first-order chi connectivity index (χ1) is 12.4. The Kier molecular flexibility index (Phi) is 6.42. The first kappa shape index (κ1) is 19.1. The van der Waals surface area contributed by atoms with Gasteiger partial charge in [0.2, 0.25) is 11.8 Å². The van der Waals surface area contributed by atoms with E-state index in [1.807, 2.05) is 6.07 Å². The number of methoxy groups -OCH3 is 1. The van der Waals surface area contributed by atoms with Crippen LogP contribution in [0.5, 0.6) is 5.75 Å². The highest BCUT2D eigenvalue weighted by Gasteiger charge is 2.10. The molecule has 0 aliphatic carbocycles. The molecule has 0 atom stereocenters. The number of benzene rings is 2. The summed E-state index contributed by atoms with van der Waals surface area (Å²) in [5, 5.41) is 17.7. The minimum atomic E-state index is -0.365. The van der Waals surface area contributed by atoms with E-state index in [2.05, 4.69) is 16.0 Å². The molecular weight excluding hydrogens is 356 g/mol. The van der Waals surface area contributed by atoms with E-state index >= 15 is 0 Å². The van der Waals surface area contributed by atoms with Crippen molar-refractivity contribution in [2.75, 3.05) is 29.6 Å². The molecule has 0 saturated heterocycles. The number of hydrogen-bond donors (Lipinski definition) is 3. The van der Waals surface area contributed by atoms with Crippen LogP contribution in [0.15, 0.2) is 36.4 Å². The van der Waals surface area contributed by atoms with Gasteiger partial charge < -0.3 is 20.7 Å². The summed E-state index contributed by atoms with van der Waals surface area (Å²) in [6.07, 6.45) is 0. The lowest BCUT2D eigenvalue weighted by Crippen LogP contribution is -2.22. The summed E-state index contributed by atoms with van der Waals surface area (Å²) in [7, 11) is 1.50. The third kappa shape index (κ3) is 5.13. The summed E-state index contributed by atoms with van der Waals surface area (Å²) < 4.78 is 5.24. The molecule has 2 rings (SSSR count). The second-order valence-corrected chi connectivity index (χ2v) is 5.74. The molecule has 0 spiro atoms. The van der Waals surface area contributed by atoms with Crippen molar-refractivity contribution in [1.29, 1.82) is 5.26 Å². The topological polar surface area (TPSA) is 103 Å². The Morgan fingerprint density at radius 3 is 2.58 bits per heavy atom. The van der Waals surface area contributed by atoms with Crippen LogP contribution >= 0.6 is 11.6 Å². The molecule has 2 aromatic rings. The number of hydrogen-bond acceptors (Lipinski definition) is 5. The number of nitrogens with zero attached hydrogens (tertiary/aromatic N) is 1. The third-order valence-electron chi connectivity index (χ3n) is 3.34. The summed E-state index contributed by atoms with van der Waals surface area (Å²) in [6, 6.07) is 11.6. The molecule has 0 bridgehead atoms. The van der Waals surface area contributed by atoms with Gasteiger partial charge in [-0.25, -0.2) is 0 Å². The van der Waals surface area contributed by atoms with Gasteiger partial charge in [-0.15, -0.1) is 0 Å². The van der Waals surface area contributed by atoms with Crippen LogP contribution in [0, 0.1) is 11.3 Å². The molecule has 8 heteroatoms. The van der Waals surface area contributed by atoms with E-state index in [4.69, 9.17) is 21.6 Å². The maximum atomic E-state index is 12.2. The Balaban J connectivity index is 2.08. The number of nitrogens with one attached hydrogen (secondary N) is 3. The maximum absolute atomic E-state index is 12.2. The Hall–Kier alpha value is -3.24. The fraction of sp³-hybridized carbons (Fsp3) is 0.167. The van der Waals surface area contributed by atoms with Gasteiger partial charge >= 0.3 is 0 Å². The number of rotatable bonds is 6. The molecule has 0 aromatic heterocycles. The van der Waals surface area contributed by atoms with Gasteiger partial charge in [0.15, 0.2) is 0 Å². The summed E-state index contributed by atoms with van der Waals surface area (Å²) in [5.41, 5.74) is 1.77. The fourth-order valence-electron chi connectivity index (χ4n) is 2.21. The van der Waals surface area contributed by atoms with E-state index < -0.39 is 0 Å². The van der Waals surface area contributed by atoms with Crippen molar-refractivity contribution < 1.29 is 14.3 Å². The van der Waals surface area contributed by atoms with Crippen LogP contribution in [-0.2, 0) is 9.59 Å². The molecule has 2 amide bonds. The predicted octanol–water partition coefficient (Wildman–Crippen LogP) is 3.23. The van der Waals surface area contributed by atoms with Crippen molar-refractivity contribution in [1.82, 2.24) is 0 Å². The highest BCUT2D eigenvalue weighted by atomic mass is 35.5. The molecule has 7 nitrogen and oxygen atoms in total. The number of halogens is 1. The van der Waals surface area contributed by atoms with E-state index in [1.165, 1.54) is 26.2 Å². The third-order valence-corrected chi connectivity index (χ3v) is 3.57. The van der Waals surface area contributed by atoms with Crippen molar-refractivity contribution in [3.05, 3.63) is 47.0 Å². The summed E-state index contributed by atoms with van der Waals surface area (Å²) in [4.78, 5) is 23.4. The highest BCUT2D eigenvalue weighted by Crippen LogP contribution is 2.28. The summed E-state index contributed by atoms with van der Waals surface area (Å²) in [5.74, 6) is -0.0491. The zero-order chi connectivity index (χ0) is 19.1. The van der Waals surface area contributed by atoms with Crippen molar-refractivity contribution in [2.45, 2.75) is 6.92 Å². The Bertz CT molecular complexity index is 877. The van der Waals surface area contributed by atoms with Gasteiger partial charge in [0.05, 0.1) is 30.6 Å². The van der Waals surface area contributed by atoms with Crippen LogP contribution < -0.4 is 20.7 Å². The van der Waals surface area contributed by atoms with Crippen molar-refractivity contribution >= 4 is 40.5 Å². The minimum absolute atomic E-state index is 0.0722. The zero-order valence-corrected chi connectivity index (χ0v) is 15.0. The van der Waals surface area contributed by atoms with Crippen LogP contribution in [0.2, 0.25) is 5.02 Å². The molecule has 0 radical (unpaired) electrons. The Morgan fingerprint density at radius 2 is 1.92 bits per heavy atom. The molecule has 0 heterocycles. The molecule has 2 aromatic carbocycles. The largest absolute Gasteiger partial charge is 0.495 e. The first-order valence-corrected chi connectivity index (χ1v) is 7.99. The van der Waals surface area contributed by atoms with Gasteiger partial charge in [-0.05, 0) is 36.4 Å². The molecule has 0 aliphatic rings. The molecule has 0 aliphatic heterocycles. The second kappa shape index (κ2) is 8.74. The van der Waals surface area contributed by atoms with Crippen LogP contribution in [0.25, 0.3) is 0 Å². The highest BCUT2D eigenvalue weighted by molar-refractivity contribution is 6.31. The van der Waals surface area contributed by atoms with E-state index in [-0.39, 0.29) is 18.4 Å². The van der Waals surface area contributed by atoms with Gasteiger partial charge in [-0.1, -0.05) is 11.6 Å². The monoisotopic (exact) mass is 372 g/mol. The smallest absolute Gasteiger partial charge is 0.243 e. The van der Waals surface area contributed by atoms with Crippen LogP contribution in [0.1, 0.15) is 12.5 Å².